The predicted molar refractivity (Wildman–Crippen MR) is 108 cm³/mol. The minimum atomic E-state index is -5.04. The van der Waals surface area contributed by atoms with E-state index in [1.54, 1.807) is 6.07 Å². The minimum absolute atomic E-state index is 0.0212. The average molecular weight is 434 g/mol. The van der Waals surface area contributed by atoms with Gasteiger partial charge in [0.25, 0.3) is 0 Å². The molecule has 2 aromatic carbocycles. The van der Waals surface area contributed by atoms with Crippen LogP contribution in [0.5, 0.6) is 5.75 Å². The molecule has 1 aliphatic carbocycles. The van der Waals surface area contributed by atoms with E-state index in [1.807, 2.05) is 0 Å². The maximum atomic E-state index is 14.1. The zero-order chi connectivity index (χ0) is 22.6. The number of anilines is 1. The number of allylic oxidation sites excluding steroid dienone is 1. The van der Waals surface area contributed by atoms with Gasteiger partial charge in [-0.05, 0) is 42.3 Å². The summed E-state index contributed by atoms with van der Waals surface area (Å²) in [5, 5.41) is 24.3. The number of nitrogens with one attached hydrogen (secondary N) is 2. The largest absolute Gasteiger partial charge is 0.504 e. The minimum Gasteiger partial charge on any atom is -0.504 e. The van der Waals surface area contributed by atoms with Crippen molar-refractivity contribution in [2.75, 3.05) is 5.32 Å². The van der Waals surface area contributed by atoms with E-state index in [0.29, 0.717) is 10.9 Å². The van der Waals surface area contributed by atoms with E-state index >= 15 is 0 Å². The first kappa shape index (κ1) is 20.9. The molecule has 1 aromatic heterocycles. The van der Waals surface area contributed by atoms with Crippen LogP contribution in [0.3, 0.4) is 0 Å². The van der Waals surface area contributed by atoms with Crippen LogP contribution in [0.15, 0.2) is 53.3 Å². The normalized spacial score (nSPS) is 22.5. The molecule has 4 N–H and O–H groups in total. The quantitative estimate of drug-likeness (QED) is 0.443. The van der Waals surface area contributed by atoms with Gasteiger partial charge in [0.05, 0.1) is 11.6 Å². The molecule has 0 radical (unpaired) electrons. The lowest BCUT2D eigenvalue weighted by Gasteiger charge is -2.44. The number of alkyl halides is 3. The number of rotatable bonds is 2. The fraction of sp³-hybridized carbons (Fsp3) is 0.227. The van der Waals surface area contributed by atoms with Crippen molar-refractivity contribution in [1.29, 1.82) is 0 Å². The summed E-state index contributed by atoms with van der Waals surface area (Å²) in [7, 11) is 0. The summed E-state index contributed by atoms with van der Waals surface area (Å²) in [5.41, 5.74) is -3.21. The molecule has 2 atom stereocenters. The summed E-state index contributed by atoms with van der Waals surface area (Å²) in [6.07, 6.45) is -4.61. The molecule has 0 saturated heterocycles. The fourth-order valence-corrected chi connectivity index (χ4v) is 4.07. The van der Waals surface area contributed by atoms with Crippen LogP contribution in [0.25, 0.3) is 16.5 Å². The van der Waals surface area contributed by atoms with Gasteiger partial charge in [0.2, 0.25) is 5.56 Å². The Balaban J connectivity index is 1.96. The van der Waals surface area contributed by atoms with Crippen LogP contribution in [0.4, 0.5) is 23.2 Å². The van der Waals surface area contributed by atoms with Crippen molar-refractivity contribution >= 4 is 22.2 Å². The summed E-state index contributed by atoms with van der Waals surface area (Å²) in [6, 6.07) is 7.54. The Hall–Kier alpha value is -3.33. The molecule has 4 rings (SSSR count). The number of H-pyrrole nitrogens is 1. The second-order valence-corrected chi connectivity index (χ2v) is 7.44. The number of benzene rings is 2. The van der Waals surface area contributed by atoms with E-state index in [-0.39, 0.29) is 27.9 Å². The van der Waals surface area contributed by atoms with Crippen molar-refractivity contribution in [2.24, 2.45) is 0 Å². The third-order valence-electron chi connectivity index (χ3n) is 5.64. The fourth-order valence-electron chi connectivity index (χ4n) is 4.07. The first-order valence-corrected chi connectivity index (χ1v) is 9.41. The molecule has 0 aliphatic heterocycles. The van der Waals surface area contributed by atoms with Gasteiger partial charge >= 0.3 is 6.18 Å². The molecule has 162 valence electrons. The van der Waals surface area contributed by atoms with E-state index in [9.17, 15) is 32.6 Å². The molecule has 0 amide bonds. The number of aromatic nitrogens is 1. The number of hydrogen-bond donors (Lipinski definition) is 4. The van der Waals surface area contributed by atoms with E-state index < -0.39 is 35.8 Å². The summed E-state index contributed by atoms with van der Waals surface area (Å²) < 4.78 is 56.4. The second kappa shape index (κ2) is 7.12. The Bertz CT molecular complexity index is 1270. The SMILES string of the molecule is C/C=C1/CC(O)(C(F)(F)F)C(Nc2cccc3[nH]c(=O)ccc23)c2ccc(F)c(O)c21. The Morgan fingerprint density at radius 2 is 1.94 bits per heavy atom. The Labute approximate surface area is 173 Å². The van der Waals surface area contributed by atoms with Gasteiger partial charge in [0.1, 0.15) is 0 Å². The number of aromatic amines is 1. The van der Waals surface area contributed by atoms with Crippen LogP contribution in [0.1, 0.15) is 30.5 Å². The first-order chi connectivity index (χ1) is 14.6. The van der Waals surface area contributed by atoms with Crippen molar-refractivity contribution < 1.29 is 27.8 Å². The van der Waals surface area contributed by atoms with Crippen LogP contribution in [-0.4, -0.2) is 27.0 Å². The average Bonchev–Trinajstić information content (AvgIpc) is 2.71. The maximum absolute atomic E-state index is 14.1. The zero-order valence-corrected chi connectivity index (χ0v) is 16.2. The smallest absolute Gasteiger partial charge is 0.419 e. The van der Waals surface area contributed by atoms with Gasteiger partial charge in [-0.2, -0.15) is 13.2 Å². The molecule has 0 saturated carbocycles. The van der Waals surface area contributed by atoms with E-state index in [1.165, 1.54) is 37.3 Å². The van der Waals surface area contributed by atoms with Gasteiger partial charge in [-0.25, -0.2) is 4.39 Å². The standard InChI is InChI=1S/C22H18F4N2O3/c1-2-11-10-21(31,22(24,25)26)20(13-6-8-14(23)19(30)18(11)13)28-16-5-3-4-15-12(16)7-9-17(29)27-15/h2-9,20,28,30-31H,10H2,1H3,(H,27,29)/b11-2-. The van der Waals surface area contributed by atoms with Crippen LogP contribution < -0.4 is 10.9 Å². The molecule has 0 fully saturated rings. The molecule has 5 nitrogen and oxygen atoms in total. The van der Waals surface area contributed by atoms with Crippen molar-refractivity contribution in [3.63, 3.8) is 0 Å². The van der Waals surface area contributed by atoms with Gasteiger partial charge in [-0.15, -0.1) is 0 Å². The molecule has 31 heavy (non-hydrogen) atoms. The number of phenolic OH excluding ortho intramolecular Hbond substituents is 1. The maximum Gasteiger partial charge on any atom is 0.419 e. The van der Waals surface area contributed by atoms with Gasteiger partial charge in [-0.3, -0.25) is 4.79 Å². The highest BCUT2D eigenvalue weighted by atomic mass is 19.4. The third-order valence-corrected chi connectivity index (χ3v) is 5.64. The van der Waals surface area contributed by atoms with Crippen LogP contribution in [-0.2, 0) is 0 Å². The lowest BCUT2D eigenvalue weighted by molar-refractivity contribution is -0.265. The summed E-state index contributed by atoms with van der Waals surface area (Å²) in [4.78, 5) is 14.2. The van der Waals surface area contributed by atoms with E-state index in [2.05, 4.69) is 10.3 Å². The monoisotopic (exact) mass is 434 g/mol. The number of phenols is 1. The molecule has 9 heteroatoms. The first-order valence-electron chi connectivity index (χ1n) is 9.41. The number of aromatic hydroxyl groups is 1. The number of hydrogen-bond acceptors (Lipinski definition) is 4. The highest BCUT2D eigenvalue weighted by Crippen LogP contribution is 2.54. The summed E-state index contributed by atoms with van der Waals surface area (Å²) >= 11 is 0. The van der Waals surface area contributed by atoms with Crippen molar-refractivity contribution in [3.8, 4) is 5.75 Å². The Morgan fingerprint density at radius 1 is 1.19 bits per heavy atom. The number of fused-ring (bicyclic) bond motifs is 2. The van der Waals surface area contributed by atoms with Gasteiger partial charge in [-0.1, -0.05) is 18.2 Å². The highest BCUT2D eigenvalue weighted by molar-refractivity contribution is 5.91. The number of halogens is 4. The Morgan fingerprint density at radius 3 is 2.61 bits per heavy atom. The molecular formula is C22H18F4N2O3. The van der Waals surface area contributed by atoms with Gasteiger partial charge < -0.3 is 20.5 Å². The van der Waals surface area contributed by atoms with Crippen molar-refractivity contribution in [3.05, 3.63) is 75.8 Å². The lowest BCUT2D eigenvalue weighted by atomic mass is 9.72. The van der Waals surface area contributed by atoms with Crippen molar-refractivity contribution in [2.45, 2.75) is 31.2 Å². The van der Waals surface area contributed by atoms with Crippen LogP contribution in [0, 0.1) is 5.82 Å². The number of aliphatic hydroxyl groups is 1. The molecular weight excluding hydrogens is 416 g/mol. The van der Waals surface area contributed by atoms with E-state index in [0.717, 1.165) is 12.1 Å². The molecule has 2 unspecified atom stereocenters. The topological polar surface area (TPSA) is 85.4 Å². The molecule has 0 spiro atoms. The van der Waals surface area contributed by atoms with Gasteiger partial charge in [0.15, 0.2) is 17.2 Å². The molecule has 0 bridgehead atoms. The second-order valence-electron chi connectivity index (χ2n) is 7.44. The molecule has 3 aromatic rings. The number of pyridine rings is 1. The predicted octanol–water partition coefficient (Wildman–Crippen LogP) is 4.63. The highest BCUT2D eigenvalue weighted by Gasteiger charge is 2.61. The summed E-state index contributed by atoms with van der Waals surface area (Å²) in [5.74, 6) is -1.75. The third kappa shape index (κ3) is 3.25. The van der Waals surface area contributed by atoms with Crippen LogP contribution in [0.2, 0.25) is 0 Å². The summed E-state index contributed by atoms with van der Waals surface area (Å²) in [6.45, 7) is 1.45. The van der Waals surface area contributed by atoms with Gasteiger partial charge in [0, 0.05) is 29.1 Å². The molecule has 1 aliphatic rings. The van der Waals surface area contributed by atoms with Crippen molar-refractivity contribution in [1.82, 2.24) is 4.98 Å². The lowest BCUT2D eigenvalue weighted by Crippen LogP contribution is -2.54. The van der Waals surface area contributed by atoms with E-state index in [4.69, 9.17) is 0 Å². The Kier molecular flexibility index (Phi) is 4.81. The molecule has 1 heterocycles. The van der Waals surface area contributed by atoms with Crippen LogP contribution >= 0.6 is 0 Å². The zero-order valence-electron chi connectivity index (χ0n) is 16.2.